The van der Waals surface area contributed by atoms with Crippen LogP contribution in [0.1, 0.15) is 5.69 Å². The predicted molar refractivity (Wildman–Crippen MR) is 50.8 cm³/mol. The smallest absolute Gasteiger partial charge is 0.176 e. The van der Waals surface area contributed by atoms with Gasteiger partial charge in [-0.15, -0.1) is 5.10 Å². The summed E-state index contributed by atoms with van der Waals surface area (Å²) in [7, 11) is 1.87. The van der Waals surface area contributed by atoms with Crippen LogP contribution >= 0.6 is 15.9 Å². The second-order valence-corrected chi connectivity index (χ2v) is 3.20. The highest BCUT2D eigenvalue weighted by Gasteiger charge is 2.02. The first kappa shape index (κ1) is 8.43. The van der Waals surface area contributed by atoms with Gasteiger partial charge in [-0.2, -0.15) is 5.10 Å². The van der Waals surface area contributed by atoms with Gasteiger partial charge in [0.1, 0.15) is 0 Å². The molecule has 0 saturated heterocycles. The molecule has 2 aromatic rings. The van der Waals surface area contributed by atoms with E-state index in [-0.39, 0.29) is 0 Å². The molecule has 0 fully saturated rings. The fourth-order valence-electron chi connectivity index (χ4n) is 0.997. The summed E-state index contributed by atoms with van der Waals surface area (Å²) >= 11 is 3.31. The van der Waals surface area contributed by atoms with Crippen LogP contribution in [0.5, 0.6) is 0 Å². The maximum absolute atomic E-state index is 4.19. The zero-order valence-corrected chi connectivity index (χ0v) is 8.64. The van der Waals surface area contributed by atoms with E-state index in [2.05, 4.69) is 31.3 Å². The van der Waals surface area contributed by atoms with Crippen LogP contribution in [-0.2, 0) is 12.4 Å². The lowest BCUT2D eigenvalue weighted by molar-refractivity contribution is 0.715. The minimum atomic E-state index is 0.708. The Morgan fingerprint density at radius 1 is 1.54 bits per heavy atom. The molecule has 0 amide bonds. The summed E-state index contributed by atoms with van der Waals surface area (Å²) in [5.74, 6) is 0.780. The van der Waals surface area contributed by atoms with E-state index in [1.807, 2.05) is 25.5 Å². The minimum Gasteiger partial charge on any atom is -0.274 e. The number of hydrogen-bond acceptors (Lipinski definition) is 3. The number of alkyl halides is 1. The van der Waals surface area contributed by atoms with E-state index in [4.69, 9.17) is 0 Å². The van der Waals surface area contributed by atoms with Gasteiger partial charge in [0, 0.05) is 24.6 Å². The molecule has 0 unspecified atom stereocenters. The van der Waals surface area contributed by atoms with Crippen molar-refractivity contribution in [2.45, 2.75) is 5.33 Å². The Balaban J connectivity index is 2.35. The first-order valence-electron chi connectivity index (χ1n) is 3.77. The van der Waals surface area contributed by atoms with Crippen molar-refractivity contribution in [3.05, 3.63) is 24.2 Å². The molecule has 0 radical (unpaired) electrons. The van der Waals surface area contributed by atoms with E-state index < -0.39 is 0 Å². The Hall–Kier alpha value is -1.17. The lowest BCUT2D eigenvalue weighted by Crippen LogP contribution is -1.97. The summed E-state index contributed by atoms with van der Waals surface area (Å²) in [4.78, 5) is 0. The highest BCUT2D eigenvalue weighted by Crippen LogP contribution is 2.04. The molecule has 2 aromatic heterocycles. The van der Waals surface area contributed by atoms with Gasteiger partial charge < -0.3 is 0 Å². The third kappa shape index (κ3) is 1.62. The molecule has 0 aliphatic rings. The van der Waals surface area contributed by atoms with Gasteiger partial charge >= 0.3 is 0 Å². The summed E-state index contributed by atoms with van der Waals surface area (Å²) in [5.41, 5.74) is 0.894. The van der Waals surface area contributed by atoms with Crippen LogP contribution in [-0.4, -0.2) is 24.8 Å². The fourth-order valence-corrected chi connectivity index (χ4v) is 1.25. The molecule has 2 rings (SSSR count). The number of halogens is 1. The number of hydrogen-bond donors (Lipinski definition) is 0. The SMILES string of the molecule is Cn1ccc(-n2cc(CBr)nn2)n1. The lowest BCUT2D eigenvalue weighted by atomic mass is 10.5. The summed E-state index contributed by atoms with van der Waals surface area (Å²) in [6.07, 6.45) is 3.71. The van der Waals surface area contributed by atoms with Crippen LogP contribution in [0.25, 0.3) is 5.82 Å². The Kier molecular flexibility index (Phi) is 2.13. The average molecular weight is 242 g/mol. The molecule has 0 atom stereocenters. The predicted octanol–water partition coefficient (Wildman–Crippen LogP) is 0.896. The first-order chi connectivity index (χ1) is 6.29. The van der Waals surface area contributed by atoms with Crippen molar-refractivity contribution in [2.75, 3.05) is 0 Å². The largest absolute Gasteiger partial charge is 0.274 e. The van der Waals surface area contributed by atoms with E-state index in [9.17, 15) is 0 Å². The van der Waals surface area contributed by atoms with Crippen molar-refractivity contribution in [3.63, 3.8) is 0 Å². The molecule has 6 heteroatoms. The van der Waals surface area contributed by atoms with Crippen LogP contribution in [0.3, 0.4) is 0 Å². The van der Waals surface area contributed by atoms with E-state index in [0.717, 1.165) is 11.5 Å². The van der Waals surface area contributed by atoms with E-state index in [1.165, 1.54) is 0 Å². The molecule has 0 N–H and O–H groups in total. The summed E-state index contributed by atoms with van der Waals surface area (Å²) in [5, 5.41) is 12.8. The molecule has 0 saturated carbocycles. The van der Waals surface area contributed by atoms with Gasteiger partial charge in [0.25, 0.3) is 0 Å². The lowest BCUT2D eigenvalue weighted by Gasteiger charge is -1.90. The topological polar surface area (TPSA) is 48.5 Å². The van der Waals surface area contributed by atoms with Gasteiger partial charge in [-0.25, -0.2) is 4.68 Å². The van der Waals surface area contributed by atoms with E-state index in [0.29, 0.717) is 5.33 Å². The molecular weight excluding hydrogens is 234 g/mol. The number of rotatable bonds is 2. The van der Waals surface area contributed by atoms with Crippen molar-refractivity contribution in [1.82, 2.24) is 24.8 Å². The average Bonchev–Trinajstić information content (AvgIpc) is 2.71. The number of nitrogens with zero attached hydrogens (tertiary/aromatic N) is 5. The minimum absolute atomic E-state index is 0.708. The van der Waals surface area contributed by atoms with E-state index >= 15 is 0 Å². The highest BCUT2D eigenvalue weighted by atomic mass is 79.9. The normalized spacial score (nSPS) is 10.6. The molecule has 5 nitrogen and oxygen atoms in total. The van der Waals surface area contributed by atoms with Gasteiger partial charge in [-0.3, -0.25) is 4.68 Å². The van der Waals surface area contributed by atoms with Crippen molar-refractivity contribution >= 4 is 15.9 Å². The Labute approximate surface area is 83.5 Å². The van der Waals surface area contributed by atoms with Crippen LogP contribution in [0.2, 0.25) is 0 Å². The van der Waals surface area contributed by atoms with Gasteiger partial charge in [0.2, 0.25) is 0 Å². The molecule has 0 bridgehead atoms. The molecular formula is C7H8BrN5. The number of aromatic nitrogens is 5. The Bertz CT molecular complexity index is 404. The van der Waals surface area contributed by atoms with Crippen LogP contribution in [0.4, 0.5) is 0 Å². The standard InChI is InChI=1S/C7H8BrN5/c1-12-3-2-7(10-12)13-5-6(4-8)9-11-13/h2-3,5H,4H2,1H3. The first-order valence-corrected chi connectivity index (χ1v) is 4.89. The summed E-state index contributed by atoms with van der Waals surface area (Å²) < 4.78 is 3.38. The third-order valence-corrected chi connectivity index (χ3v) is 2.19. The molecule has 2 heterocycles. The second-order valence-electron chi connectivity index (χ2n) is 2.64. The monoisotopic (exact) mass is 241 g/mol. The molecule has 0 aliphatic carbocycles. The fraction of sp³-hybridized carbons (Fsp3) is 0.286. The zero-order valence-electron chi connectivity index (χ0n) is 7.05. The van der Waals surface area contributed by atoms with Gasteiger partial charge in [0.05, 0.1) is 11.9 Å². The zero-order chi connectivity index (χ0) is 9.26. The summed E-state index contributed by atoms with van der Waals surface area (Å²) in [6.45, 7) is 0. The highest BCUT2D eigenvalue weighted by molar-refractivity contribution is 9.08. The third-order valence-electron chi connectivity index (χ3n) is 1.61. The van der Waals surface area contributed by atoms with Gasteiger partial charge in [-0.05, 0) is 0 Å². The van der Waals surface area contributed by atoms with Gasteiger partial charge in [-0.1, -0.05) is 21.1 Å². The van der Waals surface area contributed by atoms with Crippen LogP contribution in [0.15, 0.2) is 18.5 Å². The van der Waals surface area contributed by atoms with Crippen LogP contribution in [0, 0.1) is 0 Å². The Morgan fingerprint density at radius 2 is 2.38 bits per heavy atom. The molecule has 68 valence electrons. The number of aryl methyl sites for hydroxylation is 1. The summed E-state index contributed by atoms with van der Waals surface area (Å²) in [6, 6.07) is 1.88. The molecule has 0 spiro atoms. The second kappa shape index (κ2) is 3.29. The quantitative estimate of drug-likeness (QED) is 0.735. The van der Waals surface area contributed by atoms with Crippen molar-refractivity contribution in [3.8, 4) is 5.82 Å². The van der Waals surface area contributed by atoms with Gasteiger partial charge in [0.15, 0.2) is 5.82 Å². The van der Waals surface area contributed by atoms with Crippen molar-refractivity contribution < 1.29 is 0 Å². The van der Waals surface area contributed by atoms with Crippen molar-refractivity contribution in [1.29, 1.82) is 0 Å². The van der Waals surface area contributed by atoms with Crippen molar-refractivity contribution in [2.24, 2.45) is 7.05 Å². The van der Waals surface area contributed by atoms with E-state index in [1.54, 1.807) is 9.36 Å². The molecule has 0 aromatic carbocycles. The van der Waals surface area contributed by atoms with Crippen LogP contribution < -0.4 is 0 Å². The molecule has 0 aliphatic heterocycles. The Morgan fingerprint density at radius 3 is 2.92 bits per heavy atom. The maximum atomic E-state index is 4.19. The molecule has 13 heavy (non-hydrogen) atoms. The maximum Gasteiger partial charge on any atom is 0.176 e.